The quantitative estimate of drug-likeness (QED) is 0.0621. The number of nitrogens with one attached hydrogen (secondary N) is 3. The van der Waals surface area contributed by atoms with Crippen LogP contribution in [0.15, 0.2) is 107 Å². The summed E-state index contributed by atoms with van der Waals surface area (Å²) in [6.45, 7) is 12.9. The summed E-state index contributed by atoms with van der Waals surface area (Å²) >= 11 is 0. The van der Waals surface area contributed by atoms with Crippen LogP contribution in [0.2, 0.25) is 0 Å². The average molecular weight is 793 g/mol. The number of aromatic amines is 1. The zero-order valence-corrected chi connectivity index (χ0v) is 34.3. The molecule has 2 aromatic heterocycles. The summed E-state index contributed by atoms with van der Waals surface area (Å²) in [5.41, 5.74) is 2.41. The Balaban J connectivity index is 1.29. The van der Waals surface area contributed by atoms with Crippen LogP contribution in [0.4, 0.5) is 5.95 Å². The third kappa shape index (κ3) is 9.09. The monoisotopic (exact) mass is 792 g/mol. The van der Waals surface area contributed by atoms with E-state index in [9.17, 15) is 9.59 Å². The molecular formula is C43H53N8O5P. The molecule has 1 fully saturated rings. The lowest BCUT2D eigenvalue weighted by Gasteiger charge is -2.40. The van der Waals surface area contributed by atoms with Crippen molar-refractivity contribution in [1.82, 2.24) is 29.5 Å². The van der Waals surface area contributed by atoms with Gasteiger partial charge in [0.1, 0.15) is 6.23 Å². The molecule has 2 aliphatic rings. The van der Waals surface area contributed by atoms with Gasteiger partial charge in [-0.3, -0.25) is 34.8 Å². The first-order valence-corrected chi connectivity index (χ1v) is 20.9. The number of rotatable bonds is 18. The molecule has 0 radical (unpaired) electrons. The Bertz CT molecular complexity index is 2070. The molecule has 3 aromatic carbocycles. The number of ether oxygens (including phenoxy) is 1. The van der Waals surface area contributed by atoms with E-state index in [-0.39, 0.29) is 54.1 Å². The maximum atomic E-state index is 13.2. The van der Waals surface area contributed by atoms with Crippen LogP contribution < -0.4 is 16.2 Å². The van der Waals surface area contributed by atoms with Crippen molar-refractivity contribution in [3.63, 3.8) is 0 Å². The van der Waals surface area contributed by atoms with Gasteiger partial charge in [-0.25, -0.2) is 9.65 Å². The number of hydrogen-bond donors (Lipinski definition) is 3. The summed E-state index contributed by atoms with van der Waals surface area (Å²) < 4.78 is 24.4. The minimum atomic E-state index is -1.46. The molecule has 1 saturated heterocycles. The summed E-state index contributed by atoms with van der Waals surface area (Å²) in [7, 11) is -1.46. The Kier molecular flexibility index (Phi) is 12.7. The van der Waals surface area contributed by atoms with E-state index in [4.69, 9.17) is 13.8 Å². The van der Waals surface area contributed by atoms with E-state index in [1.54, 1.807) is 24.7 Å². The standard InChI is InChI=1S/C43H53N8O5P/c1-28(2)40(52)47-42-46-39-38(41(53)48-42)45-27-50(39)37-24-35(36(56-37)26-55-57(51(29(3)4)30(5)6)54-23-22-34-25-44-34)49-43(31-16-10-7-11-17-31,32-18-12-8-13-19-32)33-20-14-9-15-21-33/h7-21,25,27-30,34-37,49H,22-24,26H2,1-6H3,(H2,46,47,48,52,53)/t34?,35?,36-,37-,57?/m1/s1. The first-order valence-electron chi connectivity index (χ1n) is 19.8. The fourth-order valence-electron chi connectivity index (χ4n) is 7.50. The van der Waals surface area contributed by atoms with Crippen LogP contribution in [0, 0.1) is 5.92 Å². The first kappa shape index (κ1) is 40.6. The number of anilines is 1. The van der Waals surface area contributed by atoms with Gasteiger partial charge in [-0.15, -0.1) is 0 Å². The molecular weight excluding hydrogens is 739 g/mol. The van der Waals surface area contributed by atoms with Crippen molar-refractivity contribution in [2.75, 3.05) is 18.5 Å². The van der Waals surface area contributed by atoms with Gasteiger partial charge < -0.3 is 13.8 Å². The molecule has 0 spiro atoms. The number of amides is 1. The van der Waals surface area contributed by atoms with Crippen molar-refractivity contribution < 1.29 is 18.6 Å². The lowest BCUT2D eigenvalue weighted by molar-refractivity contribution is -0.118. The zero-order valence-electron chi connectivity index (χ0n) is 33.4. The highest BCUT2D eigenvalue weighted by Gasteiger charge is 2.45. The van der Waals surface area contributed by atoms with Gasteiger partial charge in [-0.1, -0.05) is 105 Å². The maximum Gasteiger partial charge on any atom is 0.280 e. The zero-order chi connectivity index (χ0) is 40.1. The Hall–Kier alpha value is -4.62. The molecule has 4 heterocycles. The van der Waals surface area contributed by atoms with Crippen LogP contribution in [-0.4, -0.2) is 79.8 Å². The van der Waals surface area contributed by atoms with E-state index in [1.807, 2.05) is 24.4 Å². The summed E-state index contributed by atoms with van der Waals surface area (Å²) in [6, 6.07) is 31.7. The number of H-pyrrole nitrogens is 1. The van der Waals surface area contributed by atoms with E-state index in [1.165, 1.54) is 0 Å². The Morgan fingerprint density at radius 2 is 1.51 bits per heavy atom. The van der Waals surface area contributed by atoms with Crippen molar-refractivity contribution in [2.45, 2.75) is 96.4 Å². The number of carbonyl (C=O) groups excluding carboxylic acids is 1. The molecule has 57 heavy (non-hydrogen) atoms. The second kappa shape index (κ2) is 17.9. The molecule has 14 heteroatoms. The molecule has 0 bridgehead atoms. The highest BCUT2D eigenvalue weighted by Crippen LogP contribution is 2.48. The Labute approximate surface area is 335 Å². The Morgan fingerprint density at radius 1 is 0.930 bits per heavy atom. The molecule has 300 valence electrons. The van der Waals surface area contributed by atoms with Crippen molar-refractivity contribution in [1.29, 1.82) is 0 Å². The van der Waals surface area contributed by atoms with Gasteiger partial charge in [-0.2, -0.15) is 4.98 Å². The predicted molar refractivity (Wildman–Crippen MR) is 224 cm³/mol. The number of imidazole rings is 1. The van der Waals surface area contributed by atoms with Gasteiger partial charge in [-0.05, 0) is 50.8 Å². The largest absolute Gasteiger partial charge is 0.351 e. The van der Waals surface area contributed by atoms with E-state index in [2.05, 4.69) is 136 Å². The van der Waals surface area contributed by atoms with Crippen LogP contribution in [0.1, 0.15) is 77.3 Å². The third-order valence-electron chi connectivity index (χ3n) is 10.3. The van der Waals surface area contributed by atoms with Gasteiger partial charge in [0.05, 0.1) is 37.2 Å². The summed E-state index contributed by atoms with van der Waals surface area (Å²) in [5, 5.41) is 6.88. The van der Waals surface area contributed by atoms with E-state index in [0.717, 1.165) is 23.1 Å². The molecule has 5 atom stereocenters. The van der Waals surface area contributed by atoms with Crippen LogP contribution in [-0.2, 0) is 24.1 Å². The smallest absolute Gasteiger partial charge is 0.280 e. The molecule has 0 saturated carbocycles. The SMILES string of the molecule is CC(C)C(=O)Nc1nc2c(ncn2[C@H]2CC(NC(c3ccccc3)(c3ccccc3)c3ccccc3)[C@@H](COP(OCCC3C=N3)N(C(C)C)C(C)C)O2)c(=O)[nH]1. The number of benzene rings is 3. The fourth-order valence-corrected chi connectivity index (χ4v) is 9.13. The van der Waals surface area contributed by atoms with E-state index < -0.39 is 32.0 Å². The molecule has 3 unspecified atom stereocenters. The number of fused-ring (bicyclic) bond motifs is 1. The summed E-state index contributed by atoms with van der Waals surface area (Å²) in [4.78, 5) is 41.9. The van der Waals surface area contributed by atoms with Gasteiger partial charge >= 0.3 is 0 Å². The minimum absolute atomic E-state index is 0.0543. The summed E-state index contributed by atoms with van der Waals surface area (Å²) in [5.74, 6) is -0.514. The van der Waals surface area contributed by atoms with Crippen LogP contribution in [0.3, 0.4) is 0 Å². The van der Waals surface area contributed by atoms with Crippen molar-refractivity contribution in [2.24, 2.45) is 10.9 Å². The topological polar surface area (TPSA) is 148 Å². The van der Waals surface area contributed by atoms with Crippen molar-refractivity contribution in [3.8, 4) is 0 Å². The third-order valence-corrected chi connectivity index (χ3v) is 12.4. The summed E-state index contributed by atoms with van der Waals surface area (Å²) in [6.07, 6.45) is 3.75. The first-order chi connectivity index (χ1) is 27.5. The molecule has 7 rings (SSSR count). The molecule has 0 aliphatic carbocycles. The number of aromatic nitrogens is 4. The normalized spacial score (nSPS) is 20.0. The van der Waals surface area contributed by atoms with Crippen LogP contribution in [0.5, 0.6) is 0 Å². The molecule has 3 N–H and O–H groups in total. The predicted octanol–water partition coefficient (Wildman–Crippen LogP) is 7.17. The van der Waals surface area contributed by atoms with Crippen molar-refractivity contribution >= 4 is 37.8 Å². The number of nitrogens with zero attached hydrogens (tertiary/aromatic N) is 5. The second-order valence-electron chi connectivity index (χ2n) is 15.4. The van der Waals surface area contributed by atoms with Gasteiger partial charge in [0.25, 0.3) is 14.1 Å². The average Bonchev–Trinajstić information content (AvgIpc) is 3.79. The second-order valence-corrected chi connectivity index (χ2v) is 16.9. The molecule has 1 amide bonds. The Morgan fingerprint density at radius 3 is 2.04 bits per heavy atom. The molecule has 5 aromatic rings. The number of hydrogen-bond acceptors (Lipinski definition) is 10. The number of aliphatic imine (C=N–C) groups is 1. The fraction of sp³-hybridized carbons (Fsp3) is 0.419. The lowest BCUT2D eigenvalue weighted by Crippen LogP contribution is -2.53. The van der Waals surface area contributed by atoms with Crippen LogP contribution in [0.25, 0.3) is 11.2 Å². The van der Waals surface area contributed by atoms with Crippen LogP contribution >= 0.6 is 8.53 Å². The highest BCUT2D eigenvalue weighted by atomic mass is 31.2. The van der Waals surface area contributed by atoms with Gasteiger partial charge in [0, 0.05) is 36.7 Å². The number of carbonyl (C=O) groups is 1. The van der Waals surface area contributed by atoms with E-state index in [0.29, 0.717) is 18.7 Å². The highest BCUT2D eigenvalue weighted by molar-refractivity contribution is 7.44. The molecule has 13 nitrogen and oxygen atoms in total. The maximum absolute atomic E-state index is 13.2. The minimum Gasteiger partial charge on any atom is -0.351 e. The molecule has 2 aliphatic heterocycles. The van der Waals surface area contributed by atoms with Gasteiger partial charge in [0.15, 0.2) is 11.2 Å². The lowest BCUT2D eigenvalue weighted by atomic mass is 9.76. The van der Waals surface area contributed by atoms with E-state index >= 15 is 0 Å². The van der Waals surface area contributed by atoms with Crippen molar-refractivity contribution in [3.05, 3.63) is 124 Å². The van der Waals surface area contributed by atoms with Gasteiger partial charge in [0.2, 0.25) is 11.9 Å².